The van der Waals surface area contributed by atoms with Crippen LogP contribution in [0.1, 0.15) is 30.9 Å². The number of nitrogens with zero attached hydrogens (tertiary/aromatic N) is 3. The van der Waals surface area contributed by atoms with E-state index in [1.54, 1.807) is 31.0 Å². The first-order valence-corrected chi connectivity index (χ1v) is 10.4. The minimum absolute atomic E-state index is 0.381. The van der Waals surface area contributed by atoms with Crippen LogP contribution >= 0.6 is 11.3 Å². The summed E-state index contributed by atoms with van der Waals surface area (Å²) in [6, 6.07) is 12.6. The Morgan fingerprint density at radius 1 is 1.14 bits per heavy atom. The first-order chi connectivity index (χ1) is 14.0. The molecule has 0 atom stereocenters. The number of anilines is 2. The number of hydrogen-bond donors (Lipinski definition) is 1. The number of imidazole rings is 1. The third kappa shape index (κ3) is 4.03. The van der Waals surface area contributed by atoms with Crippen LogP contribution < -0.4 is 10.1 Å². The van der Waals surface area contributed by atoms with Gasteiger partial charge in [0.2, 0.25) is 0 Å². The topological polar surface area (TPSA) is 52.0 Å². The second-order valence-corrected chi connectivity index (χ2v) is 8.10. The van der Waals surface area contributed by atoms with Gasteiger partial charge in [0.25, 0.3) is 0 Å². The lowest BCUT2D eigenvalue weighted by Crippen LogP contribution is -1.99. The van der Waals surface area contributed by atoms with E-state index in [1.807, 2.05) is 10.8 Å². The van der Waals surface area contributed by atoms with Gasteiger partial charge in [0.1, 0.15) is 5.75 Å². The average Bonchev–Trinajstić information content (AvgIpc) is 3.41. The van der Waals surface area contributed by atoms with Gasteiger partial charge in [-0.1, -0.05) is 26.0 Å². The van der Waals surface area contributed by atoms with E-state index in [-0.39, 0.29) is 0 Å². The van der Waals surface area contributed by atoms with Gasteiger partial charge in [-0.3, -0.25) is 0 Å². The molecule has 6 heteroatoms. The molecular formula is C23H24N4OS. The van der Waals surface area contributed by atoms with Gasteiger partial charge >= 0.3 is 0 Å². The van der Waals surface area contributed by atoms with Crippen LogP contribution in [0.15, 0.2) is 60.5 Å². The van der Waals surface area contributed by atoms with Gasteiger partial charge in [0.15, 0.2) is 5.13 Å². The molecule has 1 N–H and O–H groups in total. The van der Waals surface area contributed by atoms with Gasteiger partial charge in [0.05, 0.1) is 19.1 Å². The molecule has 0 saturated carbocycles. The summed E-state index contributed by atoms with van der Waals surface area (Å²) in [6.07, 6.45) is 5.50. The molecule has 0 spiro atoms. The maximum atomic E-state index is 5.54. The third-order valence-corrected chi connectivity index (χ3v) is 5.67. The molecule has 5 nitrogen and oxygen atoms in total. The molecule has 2 aromatic carbocycles. The summed E-state index contributed by atoms with van der Waals surface area (Å²) >= 11 is 1.61. The van der Waals surface area contributed by atoms with Crippen LogP contribution in [0.2, 0.25) is 0 Å². The van der Waals surface area contributed by atoms with E-state index < -0.39 is 0 Å². The monoisotopic (exact) mass is 404 g/mol. The SMILES string of the molecule is COc1cc(C)c(Nc2nc(-c3ccc(-n4ccnc4)cc3)cs2)cc1C(C)C. The highest BCUT2D eigenvalue weighted by molar-refractivity contribution is 7.14. The molecule has 0 aliphatic heterocycles. The normalized spacial score (nSPS) is 11.1. The van der Waals surface area contributed by atoms with Crippen molar-refractivity contribution >= 4 is 22.2 Å². The Hall–Kier alpha value is -3.12. The summed E-state index contributed by atoms with van der Waals surface area (Å²) in [5.41, 5.74) is 6.51. The zero-order valence-corrected chi connectivity index (χ0v) is 17.8. The van der Waals surface area contributed by atoms with Gasteiger partial charge in [-0.25, -0.2) is 9.97 Å². The van der Waals surface area contributed by atoms with Crippen LogP contribution in [0.4, 0.5) is 10.8 Å². The maximum Gasteiger partial charge on any atom is 0.187 e. The molecule has 0 fully saturated rings. The van der Waals surface area contributed by atoms with Gasteiger partial charge < -0.3 is 14.6 Å². The van der Waals surface area contributed by atoms with Gasteiger partial charge in [0, 0.05) is 34.7 Å². The summed E-state index contributed by atoms with van der Waals surface area (Å²) < 4.78 is 7.53. The Labute approximate surface area is 175 Å². The number of methoxy groups -OCH3 is 1. The molecule has 29 heavy (non-hydrogen) atoms. The fourth-order valence-electron chi connectivity index (χ4n) is 3.26. The van der Waals surface area contributed by atoms with Crippen molar-refractivity contribution in [2.75, 3.05) is 12.4 Å². The minimum atomic E-state index is 0.381. The lowest BCUT2D eigenvalue weighted by molar-refractivity contribution is 0.407. The standard InChI is InChI=1S/C23H24N4OS/c1-15(2)19-12-20(16(3)11-22(19)28-4)25-23-26-21(13-29-23)17-5-7-18(8-6-17)27-10-9-24-14-27/h5-15H,1-4H3,(H,25,26). The van der Waals surface area contributed by atoms with Crippen LogP contribution in [0, 0.1) is 6.92 Å². The Kier molecular flexibility index (Phi) is 5.36. The molecule has 0 bridgehead atoms. The molecule has 148 valence electrons. The van der Waals surface area contributed by atoms with Gasteiger partial charge in [-0.05, 0) is 48.2 Å². The number of ether oxygens (including phenoxy) is 1. The predicted octanol–water partition coefficient (Wildman–Crippen LogP) is 6.18. The highest BCUT2D eigenvalue weighted by atomic mass is 32.1. The van der Waals surface area contributed by atoms with Crippen molar-refractivity contribution in [3.63, 3.8) is 0 Å². The second kappa shape index (κ2) is 8.09. The van der Waals surface area contributed by atoms with E-state index in [4.69, 9.17) is 9.72 Å². The fraction of sp³-hybridized carbons (Fsp3) is 0.217. The fourth-order valence-corrected chi connectivity index (χ4v) is 3.99. The molecule has 2 aromatic heterocycles. The van der Waals surface area contributed by atoms with Crippen molar-refractivity contribution in [1.29, 1.82) is 0 Å². The molecule has 0 saturated heterocycles. The molecule has 0 aliphatic carbocycles. The lowest BCUT2D eigenvalue weighted by Gasteiger charge is -2.16. The number of nitrogens with one attached hydrogen (secondary N) is 1. The molecule has 4 rings (SSSR count). The van der Waals surface area contributed by atoms with Crippen molar-refractivity contribution in [3.8, 4) is 22.7 Å². The Morgan fingerprint density at radius 2 is 1.93 bits per heavy atom. The second-order valence-electron chi connectivity index (χ2n) is 7.24. The van der Waals surface area contributed by atoms with E-state index in [9.17, 15) is 0 Å². The highest BCUT2D eigenvalue weighted by Crippen LogP contribution is 2.34. The zero-order chi connectivity index (χ0) is 20.4. The molecular weight excluding hydrogens is 380 g/mol. The number of rotatable bonds is 6. The first-order valence-electron chi connectivity index (χ1n) is 9.55. The van der Waals surface area contributed by atoms with Crippen molar-refractivity contribution in [2.45, 2.75) is 26.7 Å². The smallest absolute Gasteiger partial charge is 0.187 e. The quantitative estimate of drug-likeness (QED) is 0.417. The van der Waals surface area contributed by atoms with Crippen LogP contribution in [0.5, 0.6) is 5.75 Å². The minimum Gasteiger partial charge on any atom is -0.496 e. The van der Waals surface area contributed by atoms with Crippen LogP contribution in [0.25, 0.3) is 16.9 Å². The van der Waals surface area contributed by atoms with Gasteiger partial charge in [-0.15, -0.1) is 11.3 Å². The number of benzene rings is 2. The Morgan fingerprint density at radius 3 is 2.59 bits per heavy atom. The highest BCUT2D eigenvalue weighted by Gasteiger charge is 2.13. The number of aromatic nitrogens is 3. The van der Waals surface area contributed by atoms with E-state index in [0.717, 1.165) is 39.1 Å². The molecule has 4 aromatic rings. The Bertz CT molecular complexity index is 1100. The van der Waals surface area contributed by atoms with Crippen molar-refractivity contribution in [1.82, 2.24) is 14.5 Å². The summed E-state index contributed by atoms with van der Waals surface area (Å²) in [4.78, 5) is 8.88. The largest absolute Gasteiger partial charge is 0.496 e. The van der Waals surface area contributed by atoms with Crippen LogP contribution in [0.3, 0.4) is 0 Å². The van der Waals surface area contributed by atoms with Crippen LogP contribution in [-0.4, -0.2) is 21.6 Å². The van der Waals surface area contributed by atoms with Gasteiger partial charge in [-0.2, -0.15) is 0 Å². The summed E-state index contributed by atoms with van der Waals surface area (Å²) in [5.74, 6) is 1.31. The predicted molar refractivity (Wildman–Crippen MR) is 120 cm³/mol. The summed E-state index contributed by atoms with van der Waals surface area (Å²) in [6.45, 7) is 6.43. The number of thiazole rings is 1. The summed E-state index contributed by atoms with van der Waals surface area (Å²) in [7, 11) is 1.72. The van der Waals surface area contributed by atoms with Crippen molar-refractivity contribution < 1.29 is 4.74 Å². The van der Waals surface area contributed by atoms with Crippen LogP contribution in [-0.2, 0) is 0 Å². The summed E-state index contributed by atoms with van der Waals surface area (Å²) in [5, 5.41) is 6.44. The molecule has 0 radical (unpaired) electrons. The average molecular weight is 405 g/mol. The lowest BCUT2D eigenvalue weighted by atomic mass is 9.99. The number of hydrogen-bond acceptors (Lipinski definition) is 5. The molecule has 0 amide bonds. The number of aryl methyl sites for hydroxylation is 1. The van der Waals surface area contributed by atoms with E-state index >= 15 is 0 Å². The van der Waals surface area contributed by atoms with E-state index in [0.29, 0.717) is 5.92 Å². The molecule has 2 heterocycles. The van der Waals surface area contributed by atoms with Crippen molar-refractivity contribution in [3.05, 3.63) is 71.6 Å². The maximum absolute atomic E-state index is 5.54. The molecule has 0 unspecified atom stereocenters. The molecule has 0 aliphatic rings. The zero-order valence-electron chi connectivity index (χ0n) is 17.0. The van der Waals surface area contributed by atoms with E-state index in [2.05, 4.69) is 72.9 Å². The third-order valence-electron chi connectivity index (χ3n) is 4.91. The first kappa shape index (κ1) is 19.2. The van der Waals surface area contributed by atoms with Crippen molar-refractivity contribution in [2.24, 2.45) is 0 Å². The van der Waals surface area contributed by atoms with E-state index in [1.165, 1.54) is 5.56 Å². The Balaban J connectivity index is 1.56.